The van der Waals surface area contributed by atoms with Crippen LogP contribution in [0.15, 0.2) is 30.3 Å². The fourth-order valence-electron chi connectivity index (χ4n) is 1.82. The molecule has 0 saturated carbocycles. The molecule has 2 aromatic rings. The molecule has 5 heteroatoms. The van der Waals surface area contributed by atoms with Crippen molar-refractivity contribution in [1.82, 2.24) is 0 Å². The van der Waals surface area contributed by atoms with Gasteiger partial charge in [-0.15, -0.1) is 0 Å². The summed E-state index contributed by atoms with van der Waals surface area (Å²) in [7, 11) is 0. The SMILES string of the molecule is CCOc1cc(Cl)c(-c2ccc(C=O)cc2F)cc1Cl. The highest BCUT2D eigenvalue weighted by Gasteiger charge is 2.13. The Morgan fingerprint density at radius 3 is 2.50 bits per heavy atom. The Hall–Kier alpha value is -1.58. The van der Waals surface area contributed by atoms with E-state index in [1.165, 1.54) is 12.1 Å². The maximum absolute atomic E-state index is 14.0. The van der Waals surface area contributed by atoms with Gasteiger partial charge in [-0.3, -0.25) is 4.79 Å². The smallest absolute Gasteiger partial charge is 0.150 e. The number of halogens is 3. The van der Waals surface area contributed by atoms with Crippen LogP contribution in [0.25, 0.3) is 11.1 Å². The summed E-state index contributed by atoms with van der Waals surface area (Å²) in [6.07, 6.45) is 0.583. The molecule has 0 radical (unpaired) electrons. The summed E-state index contributed by atoms with van der Waals surface area (Å²) in [5.41, 5.74) is 1.00. The Bertz CT molecular complexity index is 657. The quantitative estimate of drug-likeness (QED) is 0.742. The van der Waals surface area contributed by atoms with Crippen LogP contribution < -0.4 is 4.74 Å². The van der Waals surface area contributed by atoms with Crippen LogP contribution in [-0.2, 0) is 0 Å². The van der Waals surface area contributed by atoms with Crippen LogP contribution in [0.1, 0.15) is 17.3 Å². The highest BCUT2D eigenvalue weighted by Crippen LogP contribution is 2.37. The number of hydrogen-bond acceptors (Lipinski definition) is 2. The summed E-state index contributed by atoms with van der Waals surface area (Å²) < 4.78 is 19.3. The lowest BCUT2D eigenvalue weighted by atomic mass is 10.0. The molecule has 2 rings (SSSR count). The minimum atomic E-state index is -0.531. The van der Waals surface area contributed by atoms with E-state index in [-0.39, 0.29) is 11.1 Å². The largest absolute Gasteiger partial charge is 0.492 e. The minimum Gasteiger partial charge on any atom is -0.492 e. The zero-order valence-electron chi connectivity index (χ0n) is 10.6. The predicted octanol–water partition coefficient (Wildman–Crippen LogP) is 5.01. The van der Waals surface area contributed by atoms with Crippen molar-refractivity contribution in [3.63, 3.8) is 0 Å². The molecule has 0 atom stereocenters. The fourth-order valence-corrected chi connectivity index (χ4v) is 2.30. The van der Waals surface area contributed by atoms with Crippen LogP contribution in [-0.4, -0.2) is 12.9 Å². The van der Waals surface area contributed by atoms with E-state index in [0.29, 0.717) is 34.3 Å². The van der Waals surface area contributed by atoms with Crippen LogP contribution in [0.4, 0.5) is 4.39 Å². The average Bonchev–Trinajstić information content (AvgIpc) is 2.43. The number of carbonyl (C=O) groups is 1. The van der Waals surface area contributed by atoms with Crippen LogP contribution in [0, 0.1) is 5.82 Å². The van der Waals surface area contributed by atoms with Gasteiger partial charge in [0, 0.05) is 22.8 Å². The molecule has 0 bridgehead atoms. The molecule has 104 valence electrons. The number of benzene rings is 2. The van der Waals surface area contributed by atoms with Crippen molar-refractivity contribution in [3.05, 3.63) is 51.8 Å². The first-order valence-electron chi connectivity index (χ1n) is 5.93. The molecule has 0 saturated heterocycles. The average molecular weight is 313 g/mol. The zero-order chi connectivity index (χ0) is 14.7. The molecule has 0 amide bonds. The predicted molar refractivity (Wildman–Crippen MR) is 78.4 cm³/mol. The third kappa shape index (κ3) is 2.94. The molecular weight excluding hydrogens is 302 g/mol. The number of aldehydes is 1. The molecule has 2 nitrogen and oxygen atoms in total. The number of ether oxygens (including phenoxy) is 1. The fraction of sp³-hybridized carbons (Fsp3) is 0.133. The van der Waals surface area contributed by atoms with Crippen molar-refractivity contribution >= 4 is 29.5 Å². The van der Waals surface area contributed by atoms with Gasteiger partial charge in [0.15, 0.2) is 0 Å². The Labute approximate surface area is 126 Å². The van der Waals surface area contributed by atoms with Crippen molar-refractivity contribution in [3.8, 4) is 16.9 Å². The maximum atomic E-state index is 14.0. The van der Waals surface area contributed by atoms with E-state index in [1.54, 1.807) is 12.1 Å². The second-order valence-electron chi connectivity index (χ2n) is 4.05. The third-order valence-corrected chi connectivity index (χ3v) is 3.35. The van der Waals surface area contributed by atoms with Crippen LogP contribution in [0.2, 0.25) is 10.0 Å². The van der Waals surface area contributed by atoms with E-state index in [1.807, 2.05) is 6.92 Å². The first kappa shape index (κ1) is 14.8. The van der Waals surface area contributed by atoms with Gasteiger partial charge in [-0.25, -0.2) is 4.39 Å². The molecular formula is C15H11Cl2FO2. The van der Waals surface area contributed by atoms with Crippen LogP contribution in [0.3, 0.4) is 0 Å². The van der Waals surface area contributed by atoms with Crippen LogP contribution >= 0.6 is 23.2 Å². The Morgan fingerprint density at radius 1 is 1.15 bits per heavy atom. The van der Waals surface area contributed by atoms with Gasteiger partial charge in [0.1, 0.15) is 17.9 Å². The lowest BCUT2D eigenvalue weighted by molar-refractivity contribution is 0.112. The van der Waals surface area contributed by atoms with Crippen molar-refractivity contribution < 1.29 is 13.9 Å². The van der Waals surface area contributed by atoms with Gasteiger partial charge in [0.2, 0.25) is 0 Å². The molecule has 2 aromatic carbocycles. The van der Waals surface area contributed by atoms with Crippen molar-refractivity contribution in [2.75, 3.05) is 6.61 Å². The summed E-state index contributed by atoms with van der Waals surface area (Å²) in [5.74, 6) is -0.0791. The second-order valence-corrected chi connectivity index (χ2v) is 4.87. The Kier molecular flexibility index (Phi) is 4.63. The Balaban J connectivity index is 2.53. The van der Waals surface area contributed by atoms with Gasteiger partial charge in [0.25, 0.3) is 0 Å². The molecule has 0 heterocycles. The number of hydrogen-bond donors (Lipinski definition) is 0. The van der Waals surface area contributed by atoms with E-state index in [4.69, 9.17) is 27.9 Å². The molecule has 0 aliphatic heterocycles. The summed E-state index contributed by atoms with van der Waals surface area (Å²) in [6, 6.07) is 7.27. The lowest BCUT2D eigenvalue weighted by Gasteiger charge is -2.11. The summed E-state index contributed by atoms with van der Waals surface area (Å²) in [5, 5.41) is 0.681. The molecule has 0 N–H and O–H groups in total. The third-order valence-electron chi connectivity index (χ3n) is 2.74. The van der Waals surface area contributed by atoms with E-state index < -0.39 is 5.82 Å². The van der Waals surface area contributed by atoms with Crippen molar-refractivity contribution in [1.29, 1.82) is 0 Å². The second kappa shape index (κ2) is 6.25. The highest BCUT2D eigenvalue weighted by atomic mass is 35.5. The summed E-state index contributed by atoms with van der Waals surface area (Å²) in [6.45, 7) is 2.29. The monoisotopic (exact) mass is 312 g/mol. The highest BCUT2D eigenvalue weighted by molar-refractivity contribution is 6.36. The van der Waals surface area contributed by atoms with E-state index in [0.717, 1.165) is 6.07 Å². The first-order chi connectivity index (χ1) is 9.56. The topological polar surface area (TPSA) is 26.3 Å². The Morgan fingerprint density at radius 2 is 1.90 bits per heavy atom. The van der Waals surface area contributed by atoms with E-state index in [2.05, 4.69) is 0 Å². The standard InChI is InChI=1S/C15H11Cl2FO2/c1-2-20-15-7-12(16)11(6-13(15)17)10-4-3-9(8-19)5-14(10)18/h3-8H,2H2,1H3. The molecule has 0 aromatic heterocycles. The molecule has 0 fully saturated rings. The van der Waals surface area contributed by atoms with Gasteiger partial charge in [-0.05, 0) is 19.1 Å². The first-order valence-corrected chi connectivity index (χ1v) is 6.69. The van der Waals surface area contributed by atoms with Gasteiger partial charge >= 0.3 is 0 Å². The van der Waals surface area contributed by atoms with E-state index >= 15 is 0 Å². The minimum absolute atomic E-state index is 0.263. The molecule has 0 unspecified atom stereocenters. The molecule has 0 spiro atoms. The molecule has 0 aliphatic rings. The summed E-state index contributed by atoms with van der Waals surface area (Å²) in [4.78, 5) is 10.6. The van der Waals surface area contributed by atoms with Gasteiger partial charge in [-0.1, -0.05) is 35.3 Å². The van der Waals surface area contributed by atoms with Gasteiger partial charge in [-0.2, -0.15) is 0 Å². The zero-order valence-corrected chi connectivity index (χ0v) is 12.1. The normalized spacial score (nSPS) is 10.4. The maximum Gasteiger partial charge on any atom is 0.150 e. The van der Waals surface area contributed by atoms with Crippen molar-refractivity contribution in [2.45, 2.75) is 6.92 Å². The van der Waals surface area contributed by atoms with Gasteiger partial charge in [0.05, 0.1) is 16.7 Å². The number of carbonyl (C=O) groups excluding carboxylic acids is 1. The lowest BCUT2D eigenvalue weighted by Crippen LogP contribution is -1.94. The van der Waals surface area contributed by atoms with Crippen molar-refractivity contribution in [2.24, 2.45) is 0 Å². The van der Waals surface area contributed by atoms with Gasteiger partial charge < -0.3 is 4.74 Å². The van der Waals surface area contributed by atoms with Crippen LogP contribution in [0.5, 0.6) is 5.75 Å². The van der Waals surface area contributed by atoms with E-state index in [9.17, 15) is 9.18 Å². The molecule has 20 heavy (non-hydrogen) atoms. The number of rotatable bonds is 4. The summed E-state index contributed by atoms with van der Waals surface area (Å²) >= 11 is 12.2. The molecule has 0 aliphatic carbocycles.